The molecule has 2 heterocycles. The van der Waals surface area contributed by atoms with E-state index in [-0.39, 0.29) is 37.3 Å². The van der Waals surface area contributed by atoms with Gasteiger partial charge in [-0.05, 0) is 52.0 Å². The third-order valence-corrected chi connectivity index (χ3v) is 11.0. The van der Waals surface area contributed by atoms with Crippen molar-refractivity contribution in [1.29, 1.82) is 0 Å². The first-order valence-electron chi connectivity index (χ1n) is 21.1. The molecule has 2 rings (SSSR count). The molecule has 27 nitrogen and oxygen atoms in total. The van der Waals surface area contributed by atoms with Crippen LogP contribution in [0.25, 0.3) is 0 Å². The predicted molar refractivity (Wildman–Crippen MR) is 242 cm³/mol. The summed E-state index contributed by atoms with van der Waals surface area (Å²) in [6, 6.07) is -11.2. The first-order chi connectivity index (χ1) is 31.6. The zero-order valence-corrected chi connectivity index (χ0v) is 38.5. The Hall–Kier alpha value is -6.04. The second kappa shape index (κ2) is 28.9. The fourth-order valence-corrected chi connectivity index (χ4v) is 7.00. The number of nitrogens with two attached hydrogens (primary N) is 4. The summed E-state index contributed by atoms with van der Waals surface area (Å²) in [4.78, 5) is 150. The molecule has 18 N–H and O–H groups in total. The summed E-state index contributed by atoms with van der Waals surface area (Å²) in [7, 11) is 0. The van der Waals surface area contributed by atoms with E-state index < -0.39 is 145 Å². The number of carboxylic acids is 1. The number of hydrogen-bond acceptors (Lipinski definition) is 17. The van der Waals surface area contributed by atoms with E-state index in [0.717, 1.165) is 6.92 Å². The zero-order valence-electron chi connectivity index (χ0n) is 36.7. The average Bonchev–Trinajstić information content (AvgIpc) is 3.99. The summed E-state index contributed by atoms with van der Waals surface area (Å²) in [5, 5.41) is 36.3. The first kappa shape index (κ1) is 57.1. The van der Waals surface area contributed by atoms with Crippen molar-refractivity contribution in [1.82, 2.24) is 52.1 Å². The van der Waals surface area contributed by atoms with Gasteiger partial charge in [-0.25, -0.2) is 9.78 Å². The molecular weight excluding hydrogens is 925 g/mol. The average molecular weight is 987 g/mol. The van der Waals surface area contributed by atoms with Crippen molar-refractivity contribution in [3.05, 3.63) is 18.2 Å². The Balaban J connectivity index is 2.20. The summed E-state index contributed by atoms with van der Waals surface area (Å²) in [6.45, 7) is 0.717. The number of aromatic nitrogens is 2. The third-order valence-electron chi connectivity index (χ3n) is 10.2. The van der Waals surface area contributed by atoms with Gasteiger partial charge in [-0.15, -0.1) is 0 Å². The van der Waals surface area contributed by atoms with E-state index in [9.17, 15) is 63.0 Å². The summed E-state index contributed by atoms with van der Waals surface area (Å²) < 4.78 is 0. The molecule has 0 radical (unpaired) electrons. The second-order valence-electron chi connectivity index (χ2n) is 15.5. The number of likely N-dealkylation sites (tertiary alicyclic amines) is 1. The molecule has 0 bridgehead atoms. The number of carboxylic acid groups (broad SMARTS) is 1. The van der Waals surface area contributed by atoms with Gasteiger partial charge in [0.15, 0.2) is 0 Å². The van der Waals surface area contributed by atoms with E-state index >= 15 is 0 Å². The lowest BCUT2D eigenvalue weighted by Gasteiger charge is -2.31. The van der Waals surface area contributed by atoms with Gasteiger partial charge >= 0.3 is 5.97 Å². The maximum Gasteiger partial charge on any atom is 0.327 e. The lowest BCUT2D eigenvalue weighted by molar-refractivity contribution is -0.143. The molecule has 0 spiro atoms. The smallest absolute Gasteiger partial charge is 0.327 e. The number of carbonyl (C=O) groups excluding carboxylic acids is 10. The van der Waals surface area contributed by atoms with Crippen molar-refractivity contribution >= 4 is 90.3 Å². The Bertz CT molecular complexity index is 1910. The van der Waals surface area contributed by atoms with Crippen LogP contribution < -0.4 is 60.2 Å². The minimum Gasteiger partial charge on any atom is -0.480 e. The highest BCUT2D eigenvalue weighted by atomic mass is 32.1. The lowest BCUT2D eigenvalue weighted by Crippen LogP contribution is -2.61. The van der Waals surface area contributed by atoms with Gasteiger partial charge in [-0.2, -0.15) is 25.3 Å². The van der Waals surface area contributed by atoms with E-state index in [1.807, 2.05) is 0 Å². The number of aromatic amines is 1. The molecule has 1 aliphatic heterocycles. The number of imidazole rings is 1. The standard InChI is InChI=1S/C38H62N14O13S2/c1-18(53)30(51-35(61)26-6-4-10-52(26)37(63)22(5-2-3-9-39)48-31(57)20(40)15-66)36(62)47-21(7-8-27(41)54)32(58)44-14-29(56)46-24(12-28(42)55)34(60)49-23(11-19-13-43-17-45-19)33(59)50-25(16-67)38(64)65/h13,17-18,20-26,30,53,66-67H,2-12,14-16,39-40H2,1H3,(H2,41,54)(H2,42,55)(H,43,45)(H,44,58)(H,46,56)(H,47,62)(H,48,57)(H,49,60)(H,50,59)(H,51,61)(H,64,65)/t18-,20+,21+,22+,23+,24+,25+,26+,30+/m1/s1. The zero-order chi connectivity index (χ0) is 50.4. The maximum atomic E-state index is 13.8. The maximum absolute atomic E-state index is 13.8. The normalized spacial score (nSPS) is 16.9. The van der Waals surface area contributed by atoms with Crippen LogP contribution in [0.5, 0.6) is 0 Å². The van der Waals surface area contributed by atoms with Crippen molar-refractivity contribution in [2.24, 2.45) is 22.9 Å². The molecular formula is C38H62N14O13S2. The summed E-state index contributed by atoms with van der Waals surface area (Å²) in [5.41, 5.74) is 22.3. The molecule has 1 saturated heterocycles. The van der Waals surface area contributed by atoms with Crippen molar-refractivity contribution in [2.45, 2.75) is 119 Å². The van der Waals surface area contributed by atoms with Crippen molar-refractivity contribution in [2.75, 3.05) is 31.1 Å². The Morgan fingerprint density at radius 2 is 1.45 bits per heavy atom. The van der Waals surface area contributed by atoms with Crippen LogP contribution in [0.15, 0.2) is 12.5 Å². The number of H-pyrrole nitrogens is 1. The third kappa shape index (κ3) is 19.4. The number of aliphatic hydroxyl groups excluding tert-OH is 1. The highest BCUT2D eigenvalue weighted by molar-refractivity contribution is 7.80. The van der Waals surface area contributed by atoms with Gasteiger partial charge in [0.2, 0.25) is 59.1 Å². The van der Waals surface area contributed by atoms with E-state index in [0.29, 0.717) is 31.5 Å². The van der Waals surface area contributed by atoms with Crippen LogP contribution in [0, 0.1) is 0 Å². The van der Waals surface area contributed by atoms with Crippen molar-refractivity contribution in [3.63, 3.8) is 0 Å². The minimum atomic E-state index is -1.73. The molecule has 9 atom stereocenters. The summed E-state index contributed by atoms with van der Waals surface area (Å²) >= 11 is 7.94. The Labute approximate surface area is 395 Å². The molecule has 0 saturated carbocycles. The van der Waals surface area contributed by atoms with Gasteiger partial charge in [0.1, 0.15) is 42.3 Å². The van der Waals surface area contributed by atoms with Crippen molar-refractivity contribution < 1.29 is 63.0 Å². The number of rotatable bonds is 30. The first-order valence-corrected chi connectivity index (χ1v) is 22.4. The van der Waals surface area contributed by atoms with Crippen LogP contribution in [0.1, 0.15) is 64.0 Å². The van der Waals surface area contributed by atoms with Crippen LogP contribution >= 0.6 is 25.3 Å². The molecule has 0 unspecified atom stereocenters. The number of aliphatic hydroxyl groups is 1. The van der Waals surface area contributed by atoms with Gasteiger partial charge in [-0.1, -0.05) is 0 Å². The molecule has 10 amide bonds. The second-order valence-corrected chi connectivity index (χ2v) is 16.3. The topological polar surface area (TPSA) is 448 Å². The Morgan fingerprint density at radius 1 is 0.806 bits per heavy atom. The van der Waals surface area contributed by atoms with Gasteiger partial charge in [0.05, 0.1) is 31.4 Å². The van der Waals surface area contributed by atoms with Crippen LogP contribution in [0.4, 0.5) is 0 Å². The van der Waals surface area contributed by atoms with Crippen LogP contribution in [0.2, 0.25) is 0 Å². The summed E-state index contributed by atoms with van der Waals surface area (Å²) in [5.74, 6) is -11.1. The molecule has 374 valence electrons. The molecule has 0 aliphatic carbocycles. The minimum absolute atomic E-state index is 0.00356. The number of carbonyl (C=O) groups is 11. The number of nitrogens with one attached hydrogen (secondary N) is 8. The molecule has 67 heavy (non-hydrogen) atoms. The fourth-order valence-electron chi connectivity index (χ4n) is 6.59. The number of aliphatic carboxylic acids is 1. The number of hydrogen-bond donors (Lipinski definition) is 16. The van der Waals surface area contributed by atoms with E-state index in [2.05, 4.69) is 72.4 Å². The quantitative estimate of drug-likeness (QED) is 0.0252. The molecule has 1 aromatic rings. The lowest BCUT2D eigenvalue weighted by atomic mass is 10.1. The molecule has 29 heteroatoms. The molecule has 1 fully saturated rings. The number of nitrogens with zero attached hydrogens (tertiary/aromatic N) is 2. The van der Waals surface area contributed by atoms with Gasteiger partial charge in [0.25, 0.3) is 0 Å². The van der Waals surface area contributed by atoms with Gasteiger partial charge in [-0.3, -0.25) is 47.9 Å². The van der Waals surface area contributed by atoms with E-state index in [4.69, 9.17) is 22.9 Å². The highest BCUT2D eigenvalue weighted by Crippen LogP contribution is 2.21. The Kier molecular flexibility index (Phi) is 24.6. The largest absolute Gasteiger partial charge is 0.480 e. The van der Waals surface area contributed by atoms with Crippen LogP contribution in [-0.4, -0.2) is 176 Å². The highest BCUT2D eigenvalue weighted by Gasteiger charge is 2.40. The van der Waals surface area contributed by atoms with Gasteiger partial charge < -0.3 is 80.2 Å². The van der Waals surface area contributed by atoms with E-state index in [1.165, 1.54) is 17.4 Å². The number of amides is 10. The van der Waals surface area contributed by atoms with Crippen LogP contribution in [0.3, 0.4) is 0 Å². The van der Waals surface area contributed by atoms with Gasteiger partial charge in [0, 0.05) is 42.8 Å². The molecule has 1 aliphatic rings. The fraction of sp³-hybridized carbons (Fsp3) is 0.632. The number of primary amides is 2. The van der Waals surface area contributed by atoms with Crippen molar-refractivity contribution in [3.8, 4) is 0 Å². The monoisotopic (exact) mass is 986 g/mol. The predicted octanol–water partition coefficient (Wildman–Crippen LogP) is -7.11. The SMILES string of the molecule is C[C@@H](O)[C@H](NC(=O)[C@@H]1CCCN1C(=O)[C@H](CCCCN)NC(=O)[C@@H](N)CS)C(=O)N[C@@H](CCC(N)=O)C(=O)NCC(=O)N[C@@H](CC(N)=O)C(=O)N[C@@H](Cc1cnc[nH]1)C(=O)N[C@@H](CS)C(=O)O. The van der Waals surface area contributed by atoms with Crippen LogP contribution in [-0.2, 0) is 59.2 Å². The molecule has 1 aromatic heterocycles. The molecule has 0 aromatic carbocycles. The number of unbranched alkanes of at least 4 members (excludes halogenated alkanes) is 1. The number of thiol groups is 2. The summed E-state index contributed by atoms with van der Waals surface area (Å²) in [6.07, 6.45) is 0.805. The van der Waals surface area contributed by atoms with E-state index in [1.54, 1.807) is 0 Å². The Morgan fingerprint density at radius 3 is 2.01 bits per heavy atom.